The number of nitrogens with two attached hydrogens (primary N) is 1. The quantitative estimate of drug-likeness (QED) is 0.651. The highest BCUT2D eigenvalue weighted by Gasteiger charge is 2.37. The van der Waals surface area contributed by atoms with Crippen molar-refractivity contribution in [2.45, 2.75) is 18.6 Å². The standard InChI is InChI=1S/C16H16F3N5O2/c17-15(18,19)7-22-14-11-3-4-21-13(11)23-16(20,24-14)10-1-2-12-9(5-10)6-25-8-26-12/h1-5,21,23H,6-8,20H2,(H,22,24). The third-order valence-electron chi connectivity index (χ3n) is 4.13. The molecular formula is C16H16F3N5O2. The van der Waals surface area contributed by atoms with Gasteiger partial charge in [0.15, 0.2) is 12.6 Å². The van der Waals surface area contributed by atoms with Crippen LogP contribution in [0.4, 0.5) is 19.0 Å². The summed E-state index contributed by atoms with van der Waals surface area (Å²) in [5.41, 5.74) is 8.32. The molecule has 4 rings (SSSR count). The van der Waals surface area contributed by atoms with Crippen LogP contribution >= 0.6 is 0 Å². The summed E-state index contributed by atoms with van der Waals surface area (Å²) in [7, 11) is 0. The number of alkyl halides is 3. The van der Waals surface area contributed by atoms with Gasteiger partial charge in [0.1, 0.15) is 23.9 Å². The second-order valence-corrected chi connectivity index (χ2v) is 6.04. The Morgan fingerprint density at radius 1 is 1.23 bits per heavy atom. The minimum atomic E-state index is -4.41. The molecule has 1 aromatic carbocycles. The molecule has 3 heterocycles. The van der Waals surface area contributed by atoms with Gasteiger partial charge in [-0.25, -0.2) is 0 Å². The smallest absolute Gasteiger partial charge is 0.408 e. The van der Waals surface area contributed by atoms with Gasteiger partial charge in [0.05, 0.1) is 12.2 Å². The van der Waals surface area contributed by atoms with Crippen LogP contribution in [0.25, 0.3) is 0 Å². The van der Waals surface area contributed by atoms with Crippen LogP contribution in [-0.4, -0.2) is 30.3 Å². The van der Waals surface area contributed by atoms with Crippen molar-refractivity contribution in [3.05, 3.63) is 47.2 Å². The molecule has 26 heavy (non-hydrogen) atoms. The summed E-state index contributed by atoms with van der Waals surface area (Å²) in [6.45, 7) is -0.763. The van der Waals surface area contributed by atoms with E-state index in [9.17, 15) is 13.2 Å². The SMILES string of the molecule is NC1(c2ccc3c(c2)COCO3)NC(=NCC(F)(F)F)c2cc[nH]c2N1. The topological polar surface area (TPSA) is 96.7 Å². The molecule has 138 valence electrons. The van der Waals surface area contributed by atoms with E-state index in [1.54, 1.807) is 30.5 Å². The first-order valence-electron chi connectivity index (χ1n) is 7.82. The monoisotopic (exact) mass is 367 g/mol. The molecule has 0 saturated carbocycles. The normalized spacial score (nSPS) is 23.5. The molecule has 10 heteroatoms. The van der Waals surface area contributed by atoms with E-state index in [0.29, 0.717) is 29.3 Å². The second-order valence-electron chi connectivity index (χ2n) is 6.04. The first-order valence-corrected chi connectivity index (χ1v) is 7.82. The van der Waals surface area contributed by atoms with E-state index < -0.39 is 18.5 Å². The van der Waals surface area contributed by atoms with E-state index in [4.69, 9.17) is 15.2 Å². The van der Waals surface area contributed by atoms with Gasteiger partial charge in [-0.3, -0.25) is 10.7 Å². The molecule has 0 bridgehead atoms. The molecule has 2 aliphatic rings. The van der Waals surface area contributed by atoms with E-state index in [1.807, 2.05) is 0 Å². The fourth-order valence-electron chi connectivity index (χ4n) is 2.93. The fraction of sp³-hybridized carbons (Fsp3) is 0.312. The summed E-state index contributed by atoms with van der Waals surface area (Å²) in [6.07, 6.45) is -2.81. The van der Waals surface area contributed by atoms with Crippen molar-refractivity contribution in [3.8, 4) is 5.75 Å². The number of halogens is 3. The number of H-pyrrole nitrogens is 1. The van der Waals surface area contributed by atoms with E-state index in [-0.39, 0.29) is 12.6 Å². The van der Waals surface area contributed by atoms with Gasteiger partial charge >= 0.3 is 6.18 Å². The highest BCUT2D eigenvalue weighted by molar-refractivity contribution is 6.05. The zero-order valence-electron chi connectivity index (χ0n) is 13.5. The molecule has 2 aliphatic heterocycles. The van der Waals surface area contributed by atoms with Crippen LogP contribution < -0.4 is 21.1 Å². The third-order valence-corrected chi connectivity index (χ3v) is 4.13. The van der Waals surface area contributed by atoms with E-state index >= 15 is 0 Å². The number of ether oxygens (including phenoxy) is 2. The second kappa shape index (κ2) is 5.92. The number of aliphatic imine (C=N–C) groups is 1. The van der Waals surface area contributed by atoms with E-state index in [0.717, 1.165) is 5.56 Å². The lowest BCUT2D eigenvalue weighted by Crippen LogP contribution is -2.61. The molecule has 2 aromatic rings. The van der Waals surface area contributed by atoms with Gasteiger partial charge < -0.3 is 25.1 Å². The van der Waals surface area contributed by atoms with Crippen LogP contribution in [0.3, 0.4) is 0 Å². The minimum Gasteiger partial charge on any atom is -0.467 e. The highest BCUT2D eigenvalue weighted by Crippen LogP contribution is 2.31. The minimum absolute atomic E-state index is 0.0602. The lowest BCUT2D eigenvalue weighted by Gasteiger charge is -2.38. The zero-order valence-corrected chi connectivity index (χ0v) is 13.5. The van der Waals surface area contributed by atoms with Crippen molar-refractivity contribution >= 4 is 11.7 Å². The number of aromatic amines is 1. The molecule has 0 radical (unpaired) electrons. The first kappa shape index (κ1) is 16.7. The van der Waals surface area contributed by atoms with Crippen LogP contribution in [-0.2, 0) is 17.1 Å². The van der Waals surface area contributed by atoms with Gasteiger partial charge in [0.25, 0.3) is 0 Å². The molecule has 0 saturated heterocycles. The van der Waals surface area contributed by atoms with Crippen LogP contribution in [0.15, 0.2) is 35.5 Å². The van der Waals surface area contributed by atoms with Crippen LogP contribution in [0, 0.1) is 0 Å². The van der Waals surface area contributed by atoms with Gasteiger partial charge in [0.2, 0.25) is 0 Å². The molecule has 0 aliphatic carbocycles. The summed E-state index contributed by atoms with van der Waals surface area (Å²) in [5.74, 6) is -0.122. The van der Waals surface area contributed by atoms with E-state index in [2.05, 4.69) is 20.6 Å². The zero-order chi connectivity index (χ0) is 18.4. The Kier molecular flexibility index (Phi) is 3.81. The average Bonchev–Trinajstić information content (AvgIpc) is 3.06. The molecule has 0 spiro atoms. The number of anilines is 1. The maximum Gasteiger partial charge on any atom is 0.408 e. The van der Waals surface area contributed by atoms with Crippen molar-refractivity contribution < 1.29 is 22.6 Å². The summed E-state index contributed by atoms with van der Waals surface area (Å²) < 4.78 is 48.4. The van der Waals surface area contributed by atoms with Crippen LogP contribution in [0.5, 0.6) is 5.75 Å². The van der Waals surface area contributed by atoms with Gasteiger partial charge in [-0.2, -0.15) is 13.2 Å². The molecule has 1 unspecified atom stereocenters. The highest BCUT2D eigenvalue weighted by atomic mass is 19.4. The number of amidine groups is 1. The number of nitrogens with one attached hydrogen (secondary N) is 3. The first-order chi connectivity index (χ1) is 12.3. The number of fused-ring (bicyclic) bond motifs is 2. The van der Waals surface area contributed by atoms with Crippen molar-refractivity contribution in [1.82, 2.24) is 10.3 Å². The van der Waals surface area contributed by atoms with Crippen molar-refractivity contribution in [2.75, 3.05) is 18.7 Å². The molecule has 1 aromatic heterocycles. The number of benzene rings is 1. The number of aromatic nitrogens is 1. The Labute approximate surface area is 146 Å². The third kappa shape index (κ3) is 3.08. The predicted molar refractivity (Wildman–Crippen MR) is 87.6 cm³/mol. The number of rotatable bonds is 2. The van der Waals surface area contributed by atoms with Gasteiger partial charge in [-0.15, -0.1) is 0 Å². The Bertz CT molecular complexity index is 864. The Balaban J connectivity index is 1.70. The lowest BCUT2D eigenvalue weighted by molar-refractivity contribution is -0.118. The predicted octanol–water partition coefficient (Wildman–Crippen LogP) is 1.97. The van der Waals surface area contributed by atoms with Crippen molar-refractivity contribution in [1.29, 1.82) is 0 Å². The molecule has 5 N–H and O–H groups in total. The number of nitrogens with zero attached hydrogens (tertiary/aromatic N) is 1. The molecule has 7 nitrogen and oxygen atoms in total. The maximum atomic E-state index is 12.6. The van der Waals surface area contributed by atoms with E-state index in [1.165, 1.54) is 0 Å². The average molecular weight is 367 g/mol. The molecule has 0 amide bonds. The van der Waals surface area contributed by atoms with Crippen LogP contribution in [0.2, 0.25) is 0 Å². The largest absolute Gasteiger partial charge is 0.467 e. The summed E-state index contributed by atoms with van der Waals surface area (Å²) in [5, 5.41) is 5.95. The van der Waals surface area contributed by atoms with Gasteiger partial charge in [-0.1, -0.05) is 0 Å². The number of hydrogen-bond donors (Lipinski definition) is 4. The van der Waals surface area contributed by atoms with Crippen molar-refractivity contribution in [3.63, 3.8) is 0 Å². The molecular weight excluding hydrogens is 351 g/mol. The Morgan fingerprint density at radius 2 is 2.08 bits per heavy atom. The van der Waals surface area contributed by atoms with Crippen molar-refractivity contribution in [2.24, 2.45) is 10.7 Å². The summed E-state index contributed by atoms with van der Waals surface area (Å²) in [4.78, 5) is 6.60. The maximum absolute atomic E-state index is 12.6. The van der Waals surface area contributed by atoms with Gasteiger partial charge in [0, 0.05) is 17.3 Å². The van der Waals surface area contributed by atoms with Gasteiger partial charge in [-0.05, 0) is 24.3 Å². The Hall–Kier alpha value is -2.72. The number of hydrogen-bond acceptors (Lipinski definition) is 5. The summed E-state index contributed by atoms with van der Waals surface area (Å²) in [6, 6.07) is 6.89. The lowest BCUT2D eigenvalue weighted by atomic mass is 10.0. The molecule has 0 fully saturated rings. The fourth-order valence-corrected chi connectivity index (χ4v) is 2.93. The van der Waals surface area contributed by atoms with Crippen LogP contribution in [0.1, 0.15) is 16.7 Å². The summed E-state index contributed by atoms with van der Waals surface area (Å²) >= 11 is 0. The molecule has 1 atom stereocenters. The Morgan fingerprint density at radius 3 is 2.88 bits per heavy atom.